The van der Waals surface area contributed by atoms with Crippen LogP contribution in [-0.4, -0.2) is 42.3 Å². The maximum absolute atomic E-state index is 10.5. The summed E-state index contributed by atoms with van der Waals surface area (Å²) >= 11 is 0. The Labute approximate surface area is 97.4 Å². The smallest absolute Gasteiger partial charge is 0.447 e. The lowest BCUT2D eigenvalue weighted by molar-refractivity contribution is 0.105. The molecule has 0 heterocycles. The molecule has 0 aliphatic carbocycles. The zero-order valence-electron chi connectivity index (χ0n) is 10.3. The molecule has 0 radical (unpaired) electrons. The average Bonchev–Trinajstić information content (AvgIpc) is 2.24. The molecule has 6 nitrogen and oxygen atoms in total. The van der Waals surface area contributed by atoms with Crippen molar-refractivity contribution in [3.63, 3.8) is 0 Å². The molecule has 0 aliphatic rings. The lowest BCUT2D eigenvalue weighted by Crippen LogP contribution is -2.42. The Morgan fingerprint density at radius 1 is 1.25 bits per heavy atom. The topological polar surface area (TPSA) is 80.0 Å². The number of rotatable bonds is 8. The number of nitrogens with two attached hydrogens (primary N) is 1. The summed E-state index contributed by atoms with van der Waals surface area (Å²) in [4.78, 5) is 10.5. The summed E-state index contributed by atoms with van der Waals surface area (Å²) in [5.41, 5.74) is 4.90. The highest BCUT2D eigenvalue weighted by Crippen LogP contribution is 2.17. The molecule has 1 unspecified atom stereocenters. The van der Waals surface area contributed by atoms with Crippen molar-refractivity contribution in [1.29, 1.82) is 0 Å². The number of primary amides is 1. The van der Waals surface area contributed by atoms with E-state index in [1.54, 1.807) is 28.3 Å². The normalized spacial score (nSPS) is 13.5. The van der Waals surface area contributed by atoms with Crippen molar-refractivity contribution >= 4 is 14.9 Å². The van der Waals surface area contributed by atoms with E-state index in [2.05, 4.69) is 0 Å². The zero-order chi connectivity index (χ0) is 12.6. The van der Waals surface area contributed by atoms with E-state index in [1.165, 1.54) is 0 Å². The Morgan fingerprint density at radius 2 is 1.75 bits per heavy atom. The van der Waals surface area contributed by atoms with Crippen molar-refractivity contribution in [1.82, 2.24) is 0 Å². The van der Waals surface area contributed by atoms with Crippen LogP contribution < -0.4 is 5.73 Å². The molecule has 7 heteroatoms. The Morgan fingerprint density at radius 3 is 2.12 bits per heavy atom. The van der Waals surface area contributed by atoms with Gasteiger partial charge in [-0.15, -0.1) is 0 Å². The molecule has 96 valence electrons. The first-order valence-electron chi connectivity index (χ1n) is 5.11. The number of carbonyl (C=O) groups excluding carboxylic acids is 1. The molecule has 2 N–H and O–H groups in total. The predicted octanol–water partition coefficient (Wildman–Crippen LogP) is 1.13. The van der Waals surface area contributed by atoms with Gasteiger partial charge in [-0.3, -0.25) is 0 Å². The van der Waals surface area contributed by atoms with Gasteiger partial charge >= 0.3 is 14.9 Å². The number of hydrogen-bond acceptors (Lipinski definition) is 5. The molecule has 0 aromatic carbocycles. The molecule has 1 atom stereocenters. The lowest BCUT2D eigenvalue weighted by atomic mass is 10.2. The van der Waals surface area contributed by atoms with Crippen molar-refractivity contribution in [3.05, 3.63) is 0 Å². The molecule has 0 aliphatic heterocycles. The summed E-state index contributed by atoms with van der Waals surface area (Å²) < 4.78 is 20.6. The van der Waals surface area contributed by atoms with Crippen LogP contribution in [0.3, 0.4) is 0 Å². The largest absolute Gasteiger partial charge is 0.500 e. The van der Waals surface area contributed by atoms with Gasteiger partial charge < -0.3 is 23.7 Å². The quantitative estimate of drug-likeness (QED) is 0.654. The second-order valence-corrected chi connectivity index (χ2v) is 6.53. The van der Waals surface area contributed by atoms with E-state index in [1.807, 2.05) is 0 Å². The summed E-state index contributed by atoms with van der Waals surface area (Å²) in [6.45, 7) is 1.79. The van der Waals surface area contributed by atoms with E-state index < -0.39 is 14.9 Å². The summed E-state index contributed by atoms with van der Waals surface area (Å²) in [5, 5.41) is 0. The highest BCUT2D eigenvalue weighted by molar-refractivity contribution is 6.60. The molecule has 0 rings (SSSR count). The molecule has 0 aromatic rings. The van der Waals surface area contributed by atoms with Crippen LogP contribution in [0.2, 0.25) is 6.04 Å². The standard InChI is InChI=1S/C9H21NO5Si/c1-8(15-9(10)11)6-5-7-16(12-2,13-3)14-4/h8H,5-7H2,1-4H3,(H2,10,11). The van der Waals surface area contributed by atoms with Crippen LogP contribution in [0.1, 0.15) is 19.8 Å². The van der Waals surface area contributed by atoms with Crippen molar-refractivity contribution < 1.29 is 22.8 Å². The van der Waals surface area contributed by atoms with Gasteiger partial charge in [-0.1, -0.05) is 0 Å². The van der Waals surface area contributed by atoms with E-state index in [9.17, 15) is 4.79 Å². The third kappa shape index (κ3) is 5.45. The molecule has 0 spiro atoms. The minimum absolute atomic E-state index is 0.199. The predicted molar refractivity (Wildman–Crippen MR) is 61.0 cm³/mol. The second kappa shape index (κ2) is 7.61. The lowest BCUT2D eigenvalue weighted by Gasteiger charge is -2.24. The maximum atomic E-state index is 10.5. The minimum Gasteiger partial charge on any atom is -0.447 e. The van der Waals surface area contributed by atoms with Gasteiger partial charge in [-0.05, 0) is 19.8 Å². The first-order chi connectivity index (χ1) is 7.49. The Kier molecular flexibility index (Phi) is 7.31. The third-order valence-corrected chi connectivity index (χ3v) is 5.18. The van der Waals surface area contributed by atoms with Gasteiger partial charge in [0.05, 0.1) is 0 Å². The van der Waals surface area contributed by atoms with Gasteiger partial charge in [-0.2, -0.15) is 0 Å². The van der Waals surface area contributed by atoms with E-state index in [4.69, 9.17) is 23.7 Å². The second-order valence-electron chi connectivity index (χ2n) is 3.44. The fraction of sp³-hybridized carbons (Fsp3) is 0.889. The summed E-state index contributed by atoms with van der Waals surface area (Å²) in [6.07, 6.45) is 0.542. The fourth-order valence-electron chi connectivity index (χ4n) is 1.42. The molecule has 0 aromatic heterocycles. The van der Waals surface area contributed by atoms with Gasteiger partial charge in [0.2, 0.25) is 0 Å². The molecular formula is C9H21NO5Si. The Balaban J connectivity index is 3.90. The van der Waals surface area contributed by atoms with E-state index in [0.717, 1.165) is 6.42 Å². The van der Waals surface area contributed by atoms with Crippen molar-refractivity contribution in [2.45, 2.75) is 31.9 Å². The first kappa shape index (κ1) is 15.4. The number of hydrogen-bond donors (Lipinski definition) is 1. The minimum atomic E-state index is -2.50. The Hall–Kier alpha value is -0.633. The monoisotopic (exact) mass is 251 g/mol. The SMILES string of the molecule is CO[Si](CCCC(C)OC(N)=O)(OC)OC. The molecular weight excluding hydrogens is 230 g/mol. The molecule has 1 amide bonds. The van der Waals surface area contributed by atoms with Gasteiger partial charge in [-0.25, -0.2) is 4.79 Å². The fourth-order valence-corrected chi connectivity index (χ4v) is 3.17. The van der Waals surface area contributed by atoms with E-state index in [-0.39, 0.29) is 6.10 Å². The van der Waals surface area contributed by atoms with Gasteiger partial charge in [0.1, 0.15) is 6.10 Å². The van der Waals surface area contributed by atoms with Crippen LogP contribution in [0.25, 0.3) is 0 Å². The number of carbonyl (C=O) groups is 1. The highest BCUT2D eigenvalue weighted by atomic mass is 28.4. The van der Waals surface area contributed by atoms with Crippen molar-refractivity contribution in [2.24, 2.45) is 5.73 Å². The average molecular weight is 251 g/mol. The number of amides is 1. The highest BCUT2D eigenvalue weighted by Gasteiger charge is 2.37. The van der Waals surface area contributed by atoms with Crippen molar-refractivity contribution in [3.8, 4) is 0 Å². The summed E-state index contributed by atoms with van der Waals surface area (Å²) in [5.74, 6) is 0. The van der Waals surface area contributed by atoms with Crippen LogP contribution in [0.5, 0.6) is 0 Å². The van der Waals surface area contributed by atoms with Crippen LogP contribution in [-0.2, 0) is 18.0 Å². The van der Waals surface area contributed by atoms with Crippen LogP contribution in [0, 0.1) is 0 Å². The van der Waals surface area contributed by atoms with Crippen molar-refractivity contribution in [2.75, 3.05) is 21.3 Å². The first-order valence-corrected chi connectivity index (χ1v) is 7.04. The van der Waals surface area contributed by atoms with Crippen LogP contribution >= 0.6 is 0 Å². The van der Waals surface area contributed by atoms with Gasteiger partial charge in [0, 0.05) is 27.4 Å². The summed E-state index contributed by atoms with van der Waals surface area (Å²) in [6, 6.07) is 0.683. The van der Waals surface area contributed by atoms with Gasteiger partial charge in [0.25, 0.3) is 0 Å². The molecule has 0 saturated heterocycles. The van der Waals surface area contributed by atoms with Crippen LogP contribution in [0.15, 0.2) is 0 Å². The molecule has 0 saturated carbocycles. The molecule has 16 heavy (non-hydrogen) atoms. The number of ether oxygens (including phenoxy) is 1. The molecule has 0 bridgehead atoms. The van der Waals surface area contributed by atoms with E-state index >= 15 is 0 Å². The zero-order valence-corrected chi connectivity index (χ0v) is 11.3. The molecule has 0 fully saturated rings. The third-order valence-electron chi connectivity index (χ3n) is 2.34. The van der Waals surface area contributed by atoms with Gasteiger partial charge in [0.15, 0.2) is 0 Å². The van der Waals surface area contributed by atoms with Crippen LogP contribution in [0.4, 0.5) is 4.79 Å². The van der Waals surface area contributed by atoms with E-state index in [0.29, 0.717) is 12.5 Å². The Bertz CT molecular complexity index is 202. The maximum Gasteiger partial charge on any atom is 0.500 e. The summed E-state index contributed by atoms with van der Waals surface area (Å²) in [7, 11) is 2.22.